The molecule has 4 aromatic rings. The summed E-state index contributed by atoms with van der Waals surface area (Å²) in [4.78, 5) is 26.6. The summed E-state index contributed by atoms with van der Waals surface area (Å²) in [5, 5.41) is 11.7. The lowest BCUT2D eigenvalue weighted by molar-refractivity contribution is -0.131. The topological polar surface area (TPSA) is 85.6 Å². The number of hydrogen-bond acceptors (Lipinski definition) is 7. The van der Waals surface area contributed by atoms with Gasteiger partial charge in [0.2, 0.25) is 0 Å². The fraction of sp³-hybridized carbons (Fsp3) is 0.389. The Bertz CT molecular complexity index is 1990. The molecule has 0 unspecified atom stereocenters. The Labute approximate surface area is 275 Å². The van der Waals surface area contributed by atoms with Crippen LogP contribution < -0.4 is 9.64 Å². The summed E-state index contributed by atoms with van der Waals surface area (Å²) in [7, 11) is 0. The molecule has 0 radical (unpaired) electrons. The number of benzene rings is 3. The number of carbonyl (C=O) groups is 1. The molecule has 3 fully saturated rings. The first kappa shape index (κ1) is 31.8. The lowest BCUT2D eigenvalue weighted by atomic mass is 9.94. The molecule has 0 N–H and O–H groups in total. The largest absolute Gasteiger partial charge is 0.461 e. The van der Waals surface area contributed by atoms with Gasteiger partial charge in [0.15, 0.2) is 11.6 Å². The van der Waals surface area contributed by atoms with Crippen LogP contribution in [0.1, 0.15) is 31.2 Å². The quantitative estimate of drug-likeness (QED) is 0.164. The standard InChI is InChI=1S/C36H34F4N6O2/c1-22-6-3-7-24-8-4-9-26(29(22)24)27-10-11-28-31(30(27)38)42-34(48-21-35-13-5-15-45(35)20-36(39,40)19-35)43-32(28)44-16-17-46(33(47)23(2)37)25(18-44)12-14-41/h3-4,6-11,25H,2,5,12-13,15-21H2,1H3/t25-,35-/m0/s1. The van der Waals surface area contributed by atoms with E-state index in [2.05, 4.69) is 22.6 Å². The lowest BCUT2D eigenvalue weighted by Crippen LogP contribution is -2.55. The number of piperazine rings is 1. The van der Waals surface area contributed by atoms with Gasteiger partial charge in [-0.3, -0.25) is 9.69 Å². The molecule has 4 heterocycles. The minimum Gasteiger partial charge on any atom is -0.461 e. The Hall–Kier alpha value is -4.76. The number of anilines is 1. The molecule has 8 nitrogen and oxygen atoms in total. The Kier molecular flexibility index (Phi) is 7.98. The van der Waals surface area contributed by atoms with Crippen LogP contribution in [-0.2, 0) is 4.79 Å². The van der Waals surface area contributed by atoms with Crippen molar-refractivity contribution >= 4 is 33.4 Å². The number of aromatic nitrogens is 2. The molecule has 12 heteroatoms. The molecule has 3 aromatic carbocycles. The summed E-state index contributed by atoms with van der Waals surface area (Å²) in [5.74, 6) is -5.14. The zero-order valence-corrected chi connectivity index (χ0v) is 26.5. The van der Waals surface area contributed by atoms with Crippen LogP contribution in [0.4, 0.5) is 23.4 Å². The third-order valence-corrected chi connectivity index (χ3v) is 9.99. The average Bonchev–Trinajstić information content (AvgIpc) is 3.55. The molecule has 2 atom stereocenters. The first-order valence-electron chi connectivity index (χ1n) is 16.0. The number of halogens is 4. The zero-order valence-electron chi connectivity index (χ0n) is 26.5. The summed E-state index contributed by atoms with van der Waals surface area (Å²) < 4.78 is 65.9. The van der Waals surface area contributed by atoms with Crippen molar-refractivity contribution in [2.24, 2.45) is 0 Å². The molecule has 0 saturated carbocycles. The van der Waals surface area contributed by atoms with Crippen LogP contribution in [0.15, 0.2) is 60.9 Å². The van der Waals surface area contributed by atoms with Gasteiger partial charge in [0, 0.05) is 37.0 Å². The second kappa shape index (κ2) is 12.0. The number of hydrogen-bond donors (Lipinski definition) is 0. The van der Waals surface area contributed by atoms with Gasteiger partial charge in [0.25, 0.3) is 11.8 Å². The number of ether oxygens (including phenoxy) is 1. The Morgan fingerprint density at radius 2 is 1.90 bits per heavy atom. The zero-order chi connectivity index (χ0) is 33.8. The summed E-state index contributed by atoms with van der Waals surface area (Å²) >= 11 is 0. The van der Waals surface area contributed by atoms with E-state index in [-0.39, 0.29) is 57.2 Å². The van der Waals surface area contributed by atoms with Crippen LogP contribution in [0, 0.1) is 24.1 Å². The van der Waals surface area contributed by atoms with Crippen molar-refractivity contribution in [3.05, 3.63) is 72.3 Å². The molecule has 3 aliphatic rings. The molecule has 1 aromatic heterocycles. The Morgan fingerprint density at radius 1 is 1.10 bits per heavy atom. The van der Waals surface area contributed by atoms with E-state index in [0.29, 0.717) is 35.3 Å². The Balaban J connectivity index is 1.33. The van der Waals surface area contributed by atoms with Gasteiger partial charge < -0.3 is 14.5 Å². The van der Waals surface area contributed by atoms with Crippen molar-refractivity contribution in [2.45, 2.75) is 50.1 Å². The van der Waals surface area contributed by atoms with Crippen LogP contribution in [0.3, 0.4) is 0 Å². The van der Waals surface area contributed by atoms with Crippen LogP contribution >= 0.6 is 0 Å². The molecule has 3 saturated heterocycles. The van der Waals surface area contributed by atoms with Crippen molar-refractivity contribution in [1.29, 1.82) is 5.26 Å². The summed E-state index contributed by atoms with van der Waals surface area (Å²) in [5.41, 5.74) is 1.11. The maximum atomic E-state index is 16.8. The van der Waals surface area contributed by atoms with Crippen LogP contribution in [0.2, 0.25) is 0 Å². The highest BCUT2D eigenvalue weighted by Gasteiger charge is 2.57. The van der Waals surface area contributed by atoms with E-state index in [1.165, 1.54) is 4.90 Å². The highest BCUT2D eigenvalue weighted by Crippen LogP contribution is 2.46. The predicted octanol–water partition coefficient (Wildman–Crippen LogP) is 6.56. The average molecular weight is 659 g/mol. The molecule has 3 aliphatic heterocycles. The SMILES string of the molecule is C=C(F)C(=O)N1CCN(c2nc(OC[C@@]34CCCN3CC(F)(F)C4)nc3c(F)c(-c4cccc5cccc(C)c45)ccc23)C[C@@H]1CC#N. The number of rotatable bonds is 7. The van der Waals surface area contributed by atoms with E-state index in [9.17, 15) is 23.2 Å². The van der Waals surface area contributed by atoms with Crippen LogP contribution in [0.25, 0.3) is 32.8 Å². The normalized spacial score (nSPS) is 22.2. The molecule has 1 amide bonds. The number of nitrogens with zero attached hydrogens (tertiary/aromatic N) is 6. The third kappa shape index (κ3) is 5.49. The van der Waals surface area contributed by atoms with Gasteiger partial charge in [0.05, 0.1) is 30.6 Å². The number of carbonyl (C=O) groups excluding carboxylic acids is 1. The monoisotopic (exact) mass is 658 g/mol. The molecule has 0 bridgehead atoms. The van der Waals surface area contributed by atoms with E-state index in [4.69, 9.17) is 4.74 Å². The second-order valence-electron chi connectivity index (χ2n) is 13.1. The van der Waals surface area contributed by atoms with Crippen molar-refractivity contribution in [2.75, 3.05) is 44.2 Å². The van der Waals surface area contributed by atoms with Gasteiger partial charge in [-0.1, -0.05) is 49.0 Å². The molecular formula is C36H34F4N6O2. The van der Waals surface area contributed by atoms with Crippen molar-refractivity contribution in [1.82, 2.24) is 19.8 Å². The first-order chi connectivity index (χ1) is 23.0. The maximum Gasteiger partial charge on any atom is 0.319 e. The van der Waals surface area contributed by atoms with Gasteiger partial charge in [-0.25, -0.2) is 17.6 Å². The van der Waals surface area contributed by atoms with Gasteiger partial charge >= 0.3 is 6.01 Å². The number of alkyl halides is 2. The number of aryl methyl sites for hydroxylation is 1. The van der Waals surface area contributed by atoms with E-state index >= 15 is 4.39 Å². The molecule has 0 spiro atoms. The summed E-state index contributed by atoms with van der Waals surface area (Å²) in [6.07, 6.45) is 0.881. The van der Waals surface area contributed by atoms with Crippen molar-refractivity contribution < 1.29 is 27.1 Å². The lowest BCUT2D eigenvalue weighted by Gasteiger charge is -2.41. The van der Waals surface area contributed by atoms with Crippen molar-refractivity contribution in [3.8, 4) is 23.2 Å². The predicted molar refractivity (Wildman–Crippen MR) is 174 cm³/mol. The van der Waals surface area contributed by atoms with Gasteiger partial charge in [-0.2, -0.15) is 15.2 Å². The second-order valence-corrected chi connectivity index (χ2v) is 13.1. The van der Waals surface area contributed by atoms with Gasteiger partial charge in [-0.05, 0) is 54.3 Å². The fourth-order valence-corrected chi connectivity index (χ4v) is 7.81. The van der Waals surface area contributed by atoms with Crippen molar-refractivity contribution in [3.63, 3.8) is 0 Å². The number of fused-ring (bicyclic) bond motifs is 3. The molecule has 248 valence electrons. The molecule has 7 rings (SSSR count). The van der Waals surface area contributed by atoms with E-state index < -0.39 is 35.1 Å². The van der Waals surface area contributed by atoms with Crippen LogP contribution in [0.5, 0.6) is 6.01 Å². The van der Waals surface area contributed by atoms with E-state index in [0.717, 1.165) is 22.8 Å². The smallest absolute Gasteiger partial charge is 0.319 e. The fourth-order valence-electron chi connectivity index (χ4n) is 7.81. The molecule has 48 heavy (non-hydrogen) atoms. The minimum absolute atomic E-state index is 0.0110. The maximum absolute atomic E-state index is 16.8. The highest BCUT2D eigenvalue weighted by atomic mass is 19.3. The Morgan fingerprint density at radius 3 is 2.67 bits per heavy atom. The molecular weight excluding hydrogens is 624 g/mol. The van der Waals surface area contributed by atoms with Crippen LogP contribution in [-0.4, -0.2) is 82.5 Å². The number of nitriles is 1. The highest BCUT2D eigenvalue weighted by molar-refractivity contribution is 6.02. The summed E-state index contributed by atoms with van der Waals surface area (Å²) in [6, 6.07) is 16.2. The summed E-state index contributed by atoms with van der Waals surface area (Å²) in [6.45, 7) is 5.58. The van der Waals surface area contributed by atoms with Gasteiger partial charge in [0.1, 0.15) is 17.9 Å². The van der Waals surface area contributed by atoms with Gasteiger partial charge in [-0.15, -0.1) is 0 Å². The minimum atomic E-state index is -2.84. The first-order valence-corrected chi connectivity index (χ1v) is 16.0. The third-order valence-electron chi connectivity index (χ3n) is 9.99. The van der Waals surface area contributed by atoms with E-state index in [1.54, 1.807) is 21.9 Å². The molecule has 0 aliphatic carbocycles. The number of amides is 1. The van der Waals surface area contributed by atoms with E-state index in [1.807, 2.05) is 43.3 Å².